The van der Waals surface area contributed by atoms with Crippen LogP contribution in [0, 0.1) is 12.8 Å². The molecule has 0 spiro atoms. The molecule has 1 saturated heterocycles. The maximum Gasteiger partial charge on any atom is 0.410 e. The van der Waals surface area contributed by atoms with Crippen molar-refractivity contribution < 1.29 is 23.9 Å². The number of aryl methyl sites for hydroxylation is 1. The number of aromatic nitrogens is 1. The number of nitrogens with zero attached hydrogens (tertiary/aromatic N) is 2. The lowest BCUT2D eigenvalue weighted by molar-refractivity contribution is -0.120. The van der Waals surface area contributed by atoms with Crippen molar-refractivity contribution in [3.8, 4) is 0 Å². The fourth-order valence-electron chi connectivity index (χ4n) is 2.72. The predicted molar refractivity (Wildman–Crippen MR) is 95.4 cm³/mol. The van der Waals surface area contributed by atoms with E-state index in [2.05, 4.69) is 5.43 Å². The van der Waals surface area contributed by atoms with Crippen molar-refractivity contribution in [3.63, 3.8) is 0 Å². The molecule has 8 nitrogen and oxygen atoms in total. The molecule has 1 aliphatic heterocycles. The van der Waals surface area contributed by atoms with Crippen LogP contribution in [0.2, 0.25) is 0 Å². The van der Waals surface area contributed by atoms with Gasteiger partial charge in [0.05, 0.1) is 12.5 Å². The molecule has 1 unspecified atom stereocenters. The Morgan fingerprint density at radius 3 is 2.58 bits per heavy atom. The van der Waals surface area contributed by atoms with Crippen molar-refractivity contribution >= 4 is 18.0 Å². The quantitative estimate of drug-likeness (QED) is 0.827. The van der Waals surface area contributed by atoms with Crippen LogP contribution in [0.1, 0.15) is 50.3 Å². The molecule has 1 aromatic rings. The second-order valence-corrected chi connectivity index (χ2v) is 7.30. The molecule has 1 aliphatic rings. The number of carbonyl (C=O) groups is 3. The Balaban J connectivity index is 2.01. The predicted octanol–water partition coefficient (Wildman–Crippen LogP) is 2.30. The Bertz CT molecular complexity index is 689. The minimum absolute atomic E-state index is 0.249. The summed E-state index contributed by atoms with van der Waals surface area (Å²) in [4.78, 5) is 38.2. The molecule has 0 saturated carbocycles. The number of nitrogens with one attached hydrogen (secondary N) is 1. The van der Waals surface area contributed by atoms with Crippen LogP contribution in [-0.2, 0) is 14.3 Å². The Labute approximate surface area is 153 Å². The second kappa shape index (κ2) is 7.80. The highest BCUT2D eigenvalue weighted by molar-refractivity contribution is 5.91. The standard InChI is InChI=1S/C18H27N3O5/c1-6-25-16(23)14-8-7-12(2)21(14)19-15(22)13-9-10-20(11-13)17(24)26-18(3,4)5/h7-8,13H,6,9-11H2,1-5H3,(H,19,22). The third-order valence-corrected chi connectivity index (χ3v) is 3.99. The smallest absolute Gasteiger partial charge is 0.410 e. The first kappa shape index (κ1) is 19.8. The largest absolute Gasteiger partial charge is 0.461 e. The van der Waals surface area contributed by atoms with Crippen molar-refractivity contribution in [2.24, 2.45) is 5.92 Å². The second-order valence-electron chi connectivity index (χ2n) is 7.30. The molecule has 26 heavy (non-hydrogen) atoms. The van der Waals surface area contributed by atoms with E-state index in [9.17, 15) is 14.4 Å². The number of esters is 1. The van der Waals surface area contributed by atoms with Crippen LogP contribution in [0.15, 0.2) is 12.1 Å². The summed E-state index contributed by atoms with van der Waals surface area (Å²) in [6.07, 6.45) is 0.122. The molecule has 0 radical (unpaired) electrons. The normalized spacial score (nSPS) is 17.1. The van der Waals surface area contributed by atoms with Gasteiger partial charge in [0, 0.05) is 18.8 Å². The van der Waals surface area contributed by atoms with Gasteiger partial charge in [0.15, 0.2) is 0 Å². The maximum absolute atomic E-state index is 12.6. The summed E-state index contributed by atoms with van der Waals surface area (Å²) in [5.74, 6) is -1.11. The van der Waals surface area contributed by atoms with Crippen LogP contribution in [0.25, 0.3) is 0 Å². The van der Waals surface area contributed by atoms with Crippen molar-refractivity contribution in [1.82, 2.24) is 9.58 Å². The monoisotopic (exact) mass is 365 g/mol. The van der Waals surface area contributed by atoms with E-state index in [1.165, 1.54) is 9.58 Å². The molecule has 0 bridgehead atoms. The number of rotatable bonds is 4. The minimum atomic E-state index is -0.575. The van der Waals surface area contributed by atoms with Gasteiger partial charge in [0.1, 0.15) is 11.3 Å². The van der Waals surface area contributed by atoms with E-state index in [-0.39, 0.29) is 30.7 Å². The zero-order chi connectivity index (χ0) is 19.5. The molecule has 1 atom stereocenters. The van der Waals surface area contributed by atoms with Crippen LogP contribution < -0.4 is 5.43 Å². The number of ether oxygens (including phenoxy) is 2. The molecule has 1 N–H and O–H groups in total. The SMILES string of the molecule is CCOC(=O)c1ccc(C)n1NC(=O)C1CCN(C(=O)OC(C)(C)C)C1. The lowest BCUT2D eigenvalue weighted by atomic mass is 10.1. The Kier molecular flexibility index (Phi) is 5.94. The molecule has 144 valence electrons. The highest BCUT2D eigenvalue weighted by Gasteiger charge is 2.34. The van der Waals surface area contributed by atoms with Crippen LogP contribution >= 0.6 is 0 Å². The summed E-state index contributed by atoms with van der Waals surface area (Å²) < 4.78 is 11.8. The van der Waals surface area contributed by atoms with Crippen LogP contribution in [0.5, 0.6) is 0 Å². The molecule has 1 fully saturated rings. The third-order valence-electron chi connectivity index (χ3n) is 3.99. The summed E-state index contributed by atoms with van der Waals surface area (Å²) in [6, 6.07) is 3.34. The lowest BCUT2D eigenvalue weighted by Gasteiger charge is -2.24. The van der Waals surface area contributed by atoms with Gasteiger partial charge in [-0.25, -0.2) is 9.59 Å². The van der Waals surface area contributed by atoms with Gasteiger partial charge in [-0.1, -0.05) is 0 Å². The summed E-state index contributed by atoms with van der Waals surface area (Å²) >= 11 is 0. The van der Waals surface area contributed by atoms with Crippen molar-refractivity contribution in [2.45, 2.75) is 46.6 Å². The van der Waals surface area contributed by atoms with Crippen LogP contribution in [-0.4, -0.2) is 52.8 Å². The fourth-order valence-corrected chi connectivity index (χ4v) is 2.72. The van der Waals surface area contributed by atoms with Crippen molar-refractivity contribution in [3.05, 3.63) is 23.5 Å². The van der Waals surface area contributed by atoms with Gasteiger partial charge in [-0.3, -0.25) is 14.9 Å². The molecule has 2 rings (SSSR count). The first-order valence-corrected chi connectivity index (χ1v) is 8.76. The molecule has 0 aromatic carbocycles. The van der Waals surface area contributed by atoms with E-state index >= 15 is 0 Å². The van der Waals surface area contributed by atoms with E-state index < -0.39 is 17.7 Å². The van der Waals surface area contributed by atoms with Crippen LogP contribution in [0.3, 0.4) is 0 Å². The molecular formula is C18H27N3O5. The van der Waals surface area contributed by atoms with Crippen molar-refractivity contribution in [1.29, 1.82) is 0 Å². The van der Waals surface area contributed by atoms with E-state index in [1.54, 1.807) is 46.8 Å². The maximum atomic E-state index is 12.6. The lowest BCUT2D eigenvalue weighted by Crippen LogP contribution is -2.37. The third kappa shape index (κ3) is 4.77. The number of hydrogen-bond donors (Lipinski definition) is 1. The summed E-state index contributed by atoms with van der Waals surface area (Å²) in [7, 11) is 0. The number of hydrogen-bond acceptors (Lipinski definition) is 5. The zero-order valence-electron chi connectivity index (χ0n) is 16.0. The molecule has 1 aromatic heterocycles. The van der Waals surface area contributed by atoms with Gasteiger partial charge in [-0.05, 0) is 53.2 Å². The van der Waals surface area contributed by atoms with Gasteiger partial charge >= 0.3 is 12.1 Å². The van der Waals surface area contributed by atoms with Gasteiger partial charge in [-0.15, -0.1) is 0 Å². The molecular weight excluding hydrogens is 338 g/mol. The summed E-state index contributed by atoms with van der Waals surface area (Å²) in [5, 5.41) is 0. The average molecular weight is 365 g/mol. The van der Waals surface area contributed by atoms with Gasteiger partial charge in [-0.2, -0.15) is 0 Å². The van der Waals surface area contributed by atoms with Gasteiger partial charge in [0.25, 0.3) is 0 Å². The van der Waals surface area contributed by atoms with Crippen molar-refractivity contribution in [2.75, 3.05) is 25.1 Å². The number of amides is 2. The molecule has 2 heterocycles. The molecule has 0 aliphatic carbocycles. The number of likely N-dealkylation sites (tertiary alicyclic amines) is 1. The number of carbonyl (C=O) groups excluding carboxylic acids is 3. The molecule has 2 amide bonds. The topological polar surface area (TPSA) is 89.9 Å². The molecule has 8 heteroatoms. The summed E-state index contributed by atoms with van der Waals surface area (Å²) in [5.41, 5.74) is 3.15. The Morgan fingerprint density at radius 1 is 1.27 bits per heavy atom. The highest BCUT2D eigenvalue weighted by Crippen LogP contribution is 2.20. The fraction of sp³-hybridized carbons (Fsp3) is 0.611. The van der Waals surface area contributed by atoms with Crippen LogP contribution in [0.4, 0.5) is 4.79 Å². The summed E-state index contributed by atoms with van der Waals surface area (Å²) in [6.45, 7) is 9.92. The first-order chi connectivity index (χ1) is 12.1. The van der Waals surface area contributed by atoms with Gasteiger partial charge in [0.2, 0.25) is 5.91 Å². The average Bonchev–Trinajstić information content (AvgIpc) is 3.14. The first-order valence-electron chi connectivity index (χ1n) is 8.76. The minimum Gasteiger partial charge on any atom is -0.461 e. The van der Waals surface area contributed by atoms with E-state index in [4.69, 9.17) is 9.47 Å². The van der Waals surface area contributed by atoms with E-state index in [0.29, 0.717) is 18.7 Å². The van der Waals surface area contributed by atoms with Gasteiger partial charge < -0.3 is 14.4 Å². The zero-order valence-corrected chi connectivity index (χ0v) is 16.0. The Hall–Kier alpha value is -2.51. The highest BCUT2D eigenvalue weighted by atomic mass is 16.6. The van der Waals surface area contributed by atoms with E-state index in [1.807, 2.05) is 0 Å². The van der Waals surface area contributed by atoms with E-state index in [0.717, 1.165) is 0 Å². The Morgan fingerprint density at radius 2 is 1.96 bits per heavy atom.